The Hall–Kier alpha value is -4.81. The largest absolute Gasteiger partial charge is 0.497 e. The Morgan fingerprint density at radius 2 is 1.66 bits per heavy atom. The first-order valence-electron chi connectivity index (χ1n) is 16.9. The van der Waals surface area contributed by atoms with Crippen LogP contribution < -0.4 is 18.9 Å². The van der Waals surface area contributed by atoms with Crippen LogP contribution in [0.1, 0.15) is 35.4 Å². The zero-order valence-electron chi connectivity index (χ0n) is 28.9. The molecule has 53 heavy (non-hydrogen) atoms. The molecule has 1 saturated carbocycles. The number of imide groups is 1. The summed E-state index contributed by atoms with van der Waals surface area (Å²) in [5.41, 5.74) is -3.71. The molecular weight excluding hydrogens is 698 g/mol. The van der Waals surface area contributed by atoms with Gasteiger partial charge in [0.2, 0.25) is 6.29 Å². The molecule has 2 saturated heterocycles. The number of carbonyl (C=O) groups excluding carboxylic acids is 3. The highest BCUT2D eigenvalue weighted by molar-refractivity contribution is 6.01. The highest BCUT2D eigenvalue weighted by Crippen LogP contribution is 2.70. The molecule has 3 fully saturated rings. The number of methoxy groups -OCH3 is 3. The van der Waals surface area contributed by atoms with E-state index in [1.54, 1.807) is 54.6 Å². The molecule has 3 aliphatic heterocycles. The quantitative estimate of drug-likeness (QED) is 0.203. The Bertz CT molecular complexity index is 1840. The fourth-order valence-corrected chi connectivity index (χ4v) is 7.78. The second kappa shape index (κ2) is 14.2. The Balaban J connectivity index is 1.38. The van der Waals surface area contributed by atoms with Crippen LogP contribution in [0, 0.1) is 5.92 Å². The molecule has 0 spiro atoms. The van der Waals surface area contributed by atoms with Gasteiger partial charge in [-0.25, -0.2) is 4.79 Å². The molecule has 3 aromatic carbocycles. The van der Waals surface area contributed by atoms with Crippen molar-refractivity contribution >= 4 is 17.8 Å². The summed E-state index contributed by atoms with van der Waals surface area (Å²) in [6, 6.07) is 17.9. The molecule has 4 aliphatic rings. The van der Waals surface area contributed by atoms with Crippen LogP contribution >= 0.6 is 0 Å². The third-order valence-corrected chi connectivity index (χ3v) is 10.2. The molecule has 0 bridgehead atoms. The fourth-order valence-electron chi connectivity index (χ4n) is 7.78. The van der Waals surface area contributed by atoms with Crippen molar-refractivity contribution in [2.24, 2.45) is 5.92 Å². The third-order valence-electron chi connectivity index (χ3n) is 10.2. The Labute approximate surface area is 303 Å². The van der Waals surface area contributed by atoms with Crippen molar-refractivity contribution < 1.29 is 72.8 Å². The number of fused-ring (bicyclic) bond motifs is 3. The molecule has 4 N–H and O–H groups in total. The lowest BCUT2D eigenvalue weighted by Crippen LogP contribution is -2.52. The molecule has 9 atom stereocenters. The first-order chi connectivity index (χ1) is 25.5. The van der Waals surface area contributed by atoms with E-state index in [4.69, 9.17) is 38.0 Å². The highest BCUT2D eigenvalue weighted by Gasteiger charge is 2.78. The minimum absolute atomic E-state index is 0.00648. The number of benzene rings is 3. The van der Waals surface area contributed by atoms with Gasteiger partial charge in [0, 0.05) is 38.0 Å². The minimum Gasteiger partial charge on any atom is -0.497 e. The van der Waals surface area contributed by atoms with Gasteiger partial charge in [-0.1, -0.05) is 42.5 Å². The number of aliphatic hydroxyl groups excluding tert-OH is 3. The lowest BCUT2D eigenvalue weighted by molar-refractivity contribution is -0.324. The predicted octanol–water partition coefficient (Wildman–Crippen LogP) is 1.01. The Morgan fingerprint density at radius 1 is 0.962 bits per heavy atom. The number of aliphatic hydroxyl groups is 4. The normalized spacial score (nSPS) is 31.0. The second-order valence-corrected chi connectivity index (χ2v) is 13.0. The summed E-state index contributed by atoms with van der Waals surface area (Å²) in [4.78, 5) is 44.6. The summed E-state index contributed by atoms with van der Waals surface area (Å²) in [6.45, 7) is -0.675. The first-order valence-corrected chi connectivity index (χ1v) is 16.9. The van der Waals surface area contributed by atoms with Gasteiger partial charge in [0.1, 0.15) is 41.3 Å². The van der Waals surface area contributed by atoms with Crippen LogP contribution in [-0.2, 0) is 44.6 Å². The van der Waals surface area contributed by atoms with E-state index in [9.17, 15) is 34.8 Å². The van der Waals surface area contributed by atoms with Crippen molar-refractivity contribution in [1.82, 2.24) is 5.06 Å². The number of rotatable bonds is 11. The van der Waals surface area contributed by atoms with Gasteiger partial charge in [-0.2, -0.15) is 0 Å². The molecule has 282 valence electrons. The SMILES string of the molecule is COc1ccc([C@@]23Oc4cc(O[C@@H]5O[C@@H](C(O)CO)CO[C@H]5OC)cc(OC)c4[C@]2(O)[C@H](O)[C@H](C(=O)ON2C(=O)CCC2=O)[C@H]3c2ccccc2)cc1. The average Bonchev–Trinajstić information content (AvgIpc) is 3.71. The zero-order valence-corrected chi connectivity index (χ0v) is 28.9. The Kier molecular flexibility index (Phi) is 9.79. The smallest absolute Gasteiger partial charge is 0.339 e. The van der Waals surface area contributed by atoms with E-state index < -0.39 is 78.3 Å². The van der Waals surface area contributed by atoms with Crippen molar-refractivity contribution in [2.45, 2.75) is 60.9 Å². The average molecular weight is 738 g/mol. The summed E-state index contributed by atoms with van der Waals surface area (Å²) in [7, 11) is 4.18. The third kappa shape index (κ3) is 5.77. The van der Waals surface area contributed by atoms with Crippen molar-refractivity contribution in [3.05, 3.63) is 83.4 Å². The molecule has 0 aromatic heterocycles. The maximum atomic E-state index is 14.2. The Morgan fingerprint density at radius 3 is 2.28 bits per heavy atom. The van der Waals surface area contributed by atoms with E-state index in [2.05, 4.69) is 0 Å². The molecular formula is C37H39NO15. The summed E-state index contributed by atoms with van der Waals surface area (Å²) >= 11 is 0. The van der Waals surface area contributed by atoms with E-state index in [-0.39, 0.29) is 42.3 Å². The maximum absolute atomic E-state index is 14.2. The minimum atomic E-state index is -2.46. The molecule has 16 nitrogen and oxygen atoms in total. The van der Waals surface area contributed by atoms with Crippen LogP contribution in [0.2, 0.25) is 0 Å². The van der Waals surface area contributed by atoms with Gasteiger partial charge in [-0.15, -0.1) is 5.06 Å². The van der Waals surface area contributed by atoms with Gasteiger partial charge in [0.15, 0.2) is 11.2 Å². The molecule has 16 heteroatoms. The van der Waals surface area contributed by atoms with Gasteiger partial charge in [0.25, 0.3) is 18.1 Å². The summed E-state index contributed by atoms with van der Waals surface area (Å²) < 4.78 is 41.1. The van der Waals surface area contributed by atoms with Crippen molar-refractivity contribution in [3.63, 3.8) is 0 Å². The molecule has 1 unspecified atom stereocenters. The lowest BCUT2D eigenvalue weighted by Gasteiger charge is -2.40. The van der Waals surface area contributed by atoms with Crippen molar-refractivity contribution in [2.75, 3.05) is 34.5 Å². The number of ether oxygens (including phenoxy) is 7. The molecule has 7 rings (SSSR count). The molecule has 1 aliphatic carbocycles. The number of hydroxylamine groups is 2. The summed E-state index contributed by atoms with van der Waals surface area (Å²) in [6.07, 6.45) is -6.79. The second-order valence-electron chi connectivity index (χ2n) is 13.0. The first kappa shape index (κ1) is 36.5. The number of hydrogen-bond donors (Lipinski definition) is 4. The van der Waals surface area contributed by atoms with Crippen LogP contribution in [-0.4, -0.2) is 109 Å². The molecule has 3 heterocycles. The van der Waals surface area contributed by atoms with Crippen LogP contribution in [0.4, 0.5) is 0 Å². The summed E-state index contributed by atoms with van der Waals surface area (Å²) in [5, 5.41) is 45.7. The summed E-state index contributed by atoms with van der Waals surface area (Å²) in [5.74, 6) is -4.85. The van der Waals surface area contributed by atoms with Crippen LogP contribution in [0.25, 0.3) is 0 Å². The van der Waals surface area contributed by atoms with E-state index in [1.807, 2.05) is 0 Å². The van der Waals surface area contributed by atoms with E-state index in [0.29, 0.717) is 21.9 Å². The number of amides is 2. The van der Waals surface area contributed by atoms with Crippen LogP contribution in [0.15, 0.2) is 66.7 Å². The molecule has 2 amide bonds. The van der Waals surface area contributed by atoms with Crippen molar-refractivity contribution in [1.29, 1.82) is 0 Å². The lowest BCUT2D eigenvalue weighted by atomic mass is 9.70. The van der Waals surface area contributed by atoms with Crippen LogP contribution in [0.5, 0.6) is 23.0 Å². The van der Waals surface area contributed by atoms with E-state index >= 15 is 0 Å². The highest BCUT2D eigenvalue weighted by atomic mass is 16.8. The van der Waals surface area contributed by atoms with Gasteiger partial charge < -0.3 is 58.4 Å². The maximum Gasteiger partial charge on any atom is 0.339 e. The number of carbonyl (C=O) groups is 3. The zero-order chi connectivity index (χ0) is 37.7. The van der Waals surface area contributed by atoms with Gasteiger partial charge >= 0.3 is 5.97 Å². The monoisotopic (exact) mass is 737 g/mol. The molecule has 0 radical (unpaired) electrons. The van der Waals surface area contributed by atoms with Gasteiger partial charge in [-0.3, -0.25) is 9.59 Å². The van der Waals surface area contributed by atoms with Crippen molar-refractivity contribution in [3.8, 4) is 23.0 Å². The molecule has 3 aromatic rings. The van der Waals surface area contributed by atoms with E-state index in [0.717, 1.165) is 0 Å². The van der Waals surface area contributed by atoms with E-state index in [1.165, 1.54) is 33.5 Å². The fraction of sp³-hybridized carbons (Fsp3) is 0.432. The van der Waals surface area contributed by atoms with Gasteiger partial charge in [-0.05, 0) is 23.3 Å². The number of nitrogens with zero attached hydrogens (tertiary/aromatic N) is 1. The standard InChI is InChI=1S/C37H39NO15/c1-46-21-11-9-20(10-12-21)37-30(19-7-5-4-6-8-19)29(33(44)53-38-27(41)13-14-28(38)42)32(43)36(37,45)31-24(47-2)15-22(16-25(31)52-37)50-35-34(48-3)49-18-26(51-35)23(40)17-39/h4-12,15-16,23,26,29-30,32,34-35,39-40,43,45H,13-14,17-18H2,1-3H3/t23?,26-,29-,30-,32-,34-,35-,36+,37+/m1/s1. The van der Waals surface area contributed by atoms with Gasteiger partial charge in [0.05, 0.1) is 38.9 Å². The van der Waals surface area contributed by atoms with Crippen LogP contribution in [0.3, 0.4) is 0 Å². The number of hydrogen-bond acceptors (Lipinski definition) is 15. The predicted molar refractivity (Wildman–Crippen MR) is 177 cm³/mol. The topological polar surface area (TPSA) is 209 Å².